The van der Waals surface area contributed by atoms with Crippen LogP contribution in [0.4, 0.5) is 5.82 Å². The van der Waals surface area contributed by atoms with Gasteiger partial charge in [0.25, 0.3) is 5.56 Å². The number of nitrogens with zero attached hydrogens (tertiary/aromatic N) is 1. The topological polar surface area (TPSA) is 118 Å². The molecule has 0 saturated carbocycles. The van der Waals surface area contributed by atoms with Crippen LogP contribution in [0.5, 0.6) is 0 Å². The van der Waals surface area contributed by atoms with Crippen molar-refractivity contribution >= 4 is 11.8 Å². The quantitative estimate of drug-likeness (QED) is 0.604. The number of aromatic amines is 1. The Bertz CT molecular complexity index is 441. The largest absolute Gasteiger partial charge is 0.481 e. The van der Waals surface area contributed by atoms with Gasteiger partial charge in [-0.2, -0.15) is 0 Å². The Balaban J connectivity index is 2.98. The van der Waals surface area contributed by atoms with Crippen LogP contribution in [0.1, 0.15) is 11.4 Å². The predicted molar refractivity (Wildman–Crippen MR) is 56.2 cm³/mol. The highest BCUT2D eigenvalue weighted by Crippen LogP contribution is 2.04. The maximum absolute atomic E-state index is 11.5. The fraction of sp³-hybridized carbons (Fsp3) is 0.444. The lowest BCUT2D eigenvalue weighted by atomic mass is 10.2. The first-order valence-electron chi connectivity index (χ1n) is 4.63. The van der Waals surface area contributed by atoms with Gasteiger partial charge in [0.05, 0.1) is 18.6 Å². The molecule has 0 unspecified atom stereocenters. The number of H-pyrrole nitrogens is 1. The molecule has 0 radical (unpaired) electrons. The molecule has 7 nitrogen and oxygen atoms in total. The number of carboxylic acids is 1. The molecule has 1 heterocycles. The second-order valence-electron chi connectivity index (χ2n) is 3.19. The number of methoxy groups -OCH3 is 1. The number of hydrogen-bond donors (Lipinski definition) is 3. The monoisotopic (exact) mass is 227 g/mol. The van der Waals surface area contributed by atoms with Crippen LogP contribution in [-0.4, -0.2) is 34.8 Å². The zero-order valence-electron chi connectivity index (χ0n) is 8.82. The minimum Gasteiger partial charge on any atom is -0.481 e. The van der Waals surface area contributed by atoms with Gasteiger partial charge in [-0.1, -0.05) is 0 Å². The standard InChI is InChI=1S/C9H13N3O4/c1-16-3-2-6-11-8(10)5(4-7(13)14)9(15)12-6/h2-4H2,1H3,(H,13,14)(H3,10,11,12,15). The van der Waals surface area contributed by atoms with Crippen LogP contribution in [0.25, 0.3) is 0 Å². The molecule has 7 heteroatoms. The van der Waals surface area contributed by atoms with Crippen molar-refractivity contribution in [2.45, 2.75) is 12.8 Å². The fourth-order valence-electron chi connectivity index (χ4n) is 1.20. The zero-order chi connectivity index (χ0) is 12.1. The smallest absolute Gasteiger partial charge is 0.308 e. The minimum absolute atomic E-state index is 0.0198. The highest BCUT2D eigenvalue weighted by atomic mass is 16.5. The van der Waals surface area contributed by atoms with Crippen molar-refractivity contribution in [1.29, 1.82) is 0 Å². The van der Waals surface area contributed by atoms with Crippen molar-refractivity contribution in [3.63, 3.8) is 0 Å². The van der Waals surface area contributed by atoms with Crippen molar-refractivity contribution in [3.05, 3.63) is 21.7 Å². The molecule has 1 aromatic heterocycles. The van der Waals surface area contributed by atoms with E-state index in [9.17, 15) is 9.59 Å². The van der Waals surface area contributed by atoms with Crippen LogP contribution in [0.3, 0.4) is 0 Å². The Hall–Kier alpha value is -1.89. The van der Waals surface area contributed by atoms with Crippen molar-refractivity contribution < 1.29 is 14.6 Å². The van der Waals surface area contributed by atoms with Gasteiger partial charge in [0, 0.05) is 13.5 Å². The predicted octanol–water partition coefficient (Wildman–Crippen LogP) is -0.832. The van der Waals surface area contributed by atoms with Gasteiger partial charge in [-0.25, -0.2) is 4.98 Å². The van der Waals surface area contributed by atoms with Crippen LogP contribution in [0.15, 0.2) is 4.79 Å². The Morgan fingerprint density at radius 1 is 1.62 bits per heavy atom. The second-order valence-corrected chi connectivity index (χ2v) is 3.19. The lowest BCUT2D eigenvalue weighted by Crippen LogP contribution is -2.22. The van der Waals surface area contributed by atoms with E-state index in [1.807, 2.05) is 0 Å². The molecule has 0 atom stereocenters. The van der Waals surface area contributed by atoms with Gasteiger partial charge in [0.2, 0.25) is 0 Å². The molecular formula is C9H13N3O4. The van der Waals surface area contributed by atoms with Gasteiger partial charge in [-0.3, -0.25) is 9.59 Å². The number of rotatable bonds is 5. The van der Waals surface area contributed by atoms with E-state index in [4.69, 9.17) is 15.6 Å². The van der Waals surface area contributed by atoms with Gasteiger partial charge >= 0.3 is 5.97 Å². The SMILES string of the molecule is COCCc1nc(N)c(CC(=O)O)c(=O)[nH]1. The Labute approximate surface area is 91.3 Å². The third-order valence-corrected chi connectivity index (χ3v) is 1.97. The molecule has 0 amide bonds. The molecule has 0 fully saturated rings. The van der Waals surface area contributed by atoms with E-state index < -0.39 is 17.9 Å². The van der Waals surface area contributed by atoms with Crippen LogP contribution >= 0.6 is 0 Å². The summed E-state index contributed by atoms with van der Waals surface area (Å²) in [5, 5.41) is 8.57. The summed E-state index contributed by atoms with van der Waals surface area (Å²) in [6.45, 7) is 0.403. The average Bonchev–Trinajstić information content (AvgIpc) is 2.20. The van der Waals surface area contributed by atoms with Gasteiger partial charge < -0.3 is 20.6 Å². The molecule has 88 valence electrons. The first-order valence-corrected chi connectivity index (χ1v) is 4.63. The Kier molecular flexibility index (Phi) is 4.01. The lowest BCUT2D eigenvalue weighted by Gasteiger charge is -2.04. The third kappa shape index (κ3) is 3.06. The van der Waals surface area contributed by atoms with Crippen LogP contribution in [0, 0.1) is 0 Å². The summed E-state index contributed by atoms with van der Waals surface area (Å²) in [7, 11) is 1.53. The maximum atomic E-state index is 11.5. The summed E-state index contributed by atoms with van der Waals surface area (Å²) < 4.78 is 4.82. The van der Waals surface area contributed by atoms with Crippen molar-refractivity contribution in [2.24, 2.45) is 0 Å². The Morgan fingerprint density at radius 2 is 2.31 bits per heavy atom. The molecular weight excluding hydrogens is 214 g/mol. The molecule has 16 heavy (non-hydrogen) atoms. The normalized spacial score (nSPS) is 10.3. The number of nitrogens with two attached hydrogens (primary N) is 1. The van der Waals surface area contributed by atoms with Gasteiger partial charge in [-0.05, 0) is 0 Å². The molecule has 1 rings (SSSR count). The number of aliphatic carboxylic acids is 1. The maximum Gasteiger partial charge on any atom is 0.308 e. The fourth-order valence-corrected chi connectivity index (χ4v) is 1.20. The molecule has 0 spiro atoms. The van der Waals surface area contributed by atoms with E-state index in [0.717, 1.165) is 0 Å². The molecule has 0 aliphatic carbocycles. The van der Waals surface area contributed by atoms with Crippen LogP contribution < -0.4 is 11.3 Å². The molecule has 0 aliphatic heterocycles. The molecule has 0 bridgehead atoms. The molecule has 0 saturated heterocycles. The van der Waals surface area contributed by atoms with E-state index in [-0.39, 0.29) is 11.4 Å². The molecule has 0 aromatic carbocycles. The minimum atomic E-state index is -1.12. The summed E-state index contributed by atoms with van der Waals surface area (Å²) in [5.74, 6) is -0.778. The highest BCUT2D eigenvalue weighted by Gasteiger charge is 2.12. The summed E-state index contributed by atoms with van der Waals surface area (Å²) in [6.07, 6.45) is -0.0119. The van der Waals surface area contributed by atoms with Gasteiger partial charge in [0.1, 0.15) is 11.6 Å². The average molecular weight is 227 g/mol. The molecule has 4 N–H and O–H groups in total. The first kappa shape index (κ1) is 12.2. The Morgan fingerprint density at radius 3 is 2.81 bits per heavy atom. The number of ether oxygens (including phenoxy) is 1. The number of carboxylic acid groups (broad SMARTS) is 1. The van der Waals surface area contributed by atoms with Crippen LogP contribution in [0.2, 0.25) is 0 Å². The van der Waals surface area contributed by atoms with E-state index in [0.29, 0.717) is 18.9 Å². The number of carbonyl (C=O) groups is 1. The summed E-state index contributed by atoms with van der Waals surface area (Å²) >= 11 is 0. The number of hydrogen-bond acceptors (Lipinski definition) is 5. The third-order valence-electron chi connectivity index (χ3n) is 1.97. The van der Waals surface area contributed by atoms with Gasteiger partial charge in [0.15, 0.2) is 0 Å². The molecule has 0 aliphatic rings. The van der Waals surface area contributed by atoms with E-state index in [2.05, 4.69) is 9.97 Å². The highest BCUT2D eigenvalue weighted by molar-refractivity contribution is 5.71. The number of nitrogens with one attached hydrogen (secondary N) is 1. The summed E-state index contributed by atoms with van der Waals surface area (Å²) in [5.41, 5.74) is 4.97. The van der Waals surface area contributed by atoms with Crippen molar-refractivity contribution in [2.75, 3.05) is 19.5 Å². The van der Waals surface area contributed by atoms with E-state index in [1.165, 1.54) is 7.11 Å². The molecule has 1 aromatic rings. The van der Waals surface area contributed by atoms with Gasteiger partial charge in [-0.15, -0.1) is 0 Å². The second kappa shape index (κ2) is 5.26. The number of anilines is 1. The van der Waals surface area contributed by atoms with Crippen molar-refractivity contribution in [1.82, 2.24) is 9.97 Å². The van der Waals surface area contributed by atoms with E-state index >= 15 is 0 Å². The van der Waals surface area contributed by atoms with Crippen LogP contribution in [-0.2, 0) is 22.4 Å². The lowest BCUT2D eigenvalue weighted by molar-refractivity contribution is -0.136. The zero-order valence-corrected chi connectivity index (χ0v) is 8.82. The number of nitrogen functional groups attached to an aromatic ring is 1. The first-order chi connectivity index (χ1) is 7.54. The summed E-state index contributed by atoms with van der Waals surface area (Å²) in [6, 6.07) is 0. The van der Waals surface area contributed by atoms with E-state index in [1.54, 1.807) is 0 Å². The van der Waals surface area contributed by atoms with Crippen molar-refractivity contribution in [3.8, 4) is 0 Å². The summed E-state index contributed by atoms with van der Waals surface area (Å²) in [4.78, 5) is 28.3. The number of aromatic nitrogens is 2.